The minimum absolute atomic E-state index is 0.814. The van der Waals surface area contributed by atoms with Gasteiger partial charge in [0.1, 0.15) is 0 Å². The van der Waals surface area contributed by atoms with E-state index in [0.717, 1.165) is 16.4 Å². The molecule has 12 heavy (non-hydrogen) atoms. The van der Waals surface area contributed by atoms with Crippen LogP contribution in [0.1, 0.15) is 5.56 Å². The van der Waals surface area contributed by atoms with Crippen LogP contribution in [0, 0.1) is 0 Å². The van der Waals surface area contributed by atoms with Gasteiger partial charge in [0.25, 0.3) is 0 Å². The summed E-state index contributed by atoms with van der Waals surface area (Å²) in [6, 6.07) is 5.96. The maximum Gasteiger partial charge on any atom is 0.159 e. The molecule has 2 heterocycles. The normalized spacial score (nSPS) is 10.4. The molecule has 0 aromatic carbocycles. The average molecular weight is 223 g/mol. The highest BCUT2D eigenvalue weighted by molar-refractivity contribution is 9.08. The molecule has 0 aliphatic carbocycles. The molecular formula is C9H7BrN2. The van der Waals surface area contributed by atoms with E-state index in [2.05, 4.69) is 25.9 Å². The Morgan fingerprint density at radius 3 is 2.83 bits per heavy atom. The van der Waals surface area contributed by atoms with Crippen molar-refractivity contribution in [3.8, 4) is 0 Å². The zero-order valence-electron chi connectivity index (χ0n) is 6.37. The van der Waals surface area contributed by atoms with Crippen molar-refractivity contribution in [2.45, 2.75) is 5.33 Å². The number of fused-ring (bicyclic) bond motifs is 1. The fraction of sp³-hybridized carbons (Fsp3) is 0.111. The number of hydrogen-bond donors (Lipinski definition) is 0. The Labute approximate surface area is 78.8 Å². The Morgan fingerprint density at radius 1 is 1.17 bits per heavy atom. The molecular weight excluding hydrogens is 216 g/mol. The summed E-state index contributed by atoms with van der Waals surface area (Å²) in [7, 11) is 0. The van der Waals surface area contributed by atoms with Gasteiger partial charge in [0, 0.05) is 23.1 Å². The number of rotatable bonds is 1. The van der Waals surface area contributed by atoms with E-state index in [1.165, 1.54) is 5.56 Å². The predicted molar refractivity (Wildman–Crippen MR) is 52.2 cm³/mol. The van der Waals surface area contributed by atoms with E-state index in [1.54, 1.807) is 12.4 Å². The third-order valence-corrected chi connectivity index (χ3v) is 2.35. The minimum atomic E-state index is 0.814. The first-order chi connectivity index (χ1) is 5.92. The molecule has 0 fully saturated rings. The van der Waals surface area contributed by atoms with Crippen molar-refractivity contribution in [1.29, 1.82) is 0 Å². The summed E-state index contributed by atoms with van der Waals surface area (Å²) in [4.78, 5) is 8.32. The molecule has 0 unspecified atom stereocenters. The van der Waals surface area contributed by atoms with Crippen LogP contribution in [-0.2, 0) is 5.33 Å². The van der Waals surface area contributed by atoms with Crippen LogP contribution in [0.25, 0.3) is 11.0 Å². The molecule has 0 aliphatic heterocycles. The molecule has 0 saturated carbocycles. The zero-order chi connectivity index (χ0) is 8.39. The van der Waals surface area contributed by atoms with Gasteiger partial charge in [0.2, 0.25) is 0 Å². The Kier molecular flexibility index (Phi) is 2.04. The van der Waals surface area contributed by atoms with Crippen LogP contribution >= 0.6 is 15.9 Å². The molecule has 2 nitrogen and oxygen atoms in total. The number of hydrogen-bond acceptors (Lipinski definition) is 2. The maximum atomic E-state index is 4.16. The van der Waals surface area contributed by atoms with Gasteiger partial charge in [-0.05, 0) is 23.8 Å². The van der Waals surface area contributed by atoms with E-state index in [9.17, 15) is 0 Å². The van der Waals surface area contributed by atoms with E-state index in [1.807, 2.05) is 18.2 Å². The lowest BCUT2D eigenvalue weighted by Gasteiger charge is -1.99. The van der Waals surface area contributed by atoms with E-state index < -0.39 is 0 Å². The third-order valence-electron chi connectivity index (χ3n) is 1.75. The van der Waals surface area contributed by atoms with Crippen LogP contribution in [0.4, 0.5) is 0 Å². The molecule has 0 N–H and O–H groups in total. The highest BCUT2D eigenvalue weighted by Crippen LogP contribution is 2.16. The molecule has 3 heteroatoms. The largest absolute Gasteiger partial charge is 0.237 e. The summed E-state index contributed by atoms with van der Waals surface area (Å²) < 4.78 is 0. The minimum Gasteiger partial charge on any atom is -0.237 e. The van der Waals surface area contributed by atoms with Crippen molar-refractivity contribution in [3.05, 3.63) is 36.2 Å². The van der Waals surface area contributed by atoms with E-state index >= 15 is 0 Å². The standard InChI is InChI=1S/C9H7BrN2/c10-6-7-3-5-12-9-8(7)2-1-4-11-9/h1-5H,6H2. The lowest BCUT2D eigenvalue weighted by Crippen LogP contribution is -1.86. The van der Waals surface area contributed by atoms with E-state index in [0.29, 0.717) is 0 Å². The number of pyridine rings is 2. The van der Waals surface area contributed by atoms with Crippen LogP contribution in [0.3, 0.4) is 0 Å². The second-order valence-corrected chi connectivity index (χ2v) is 3.04. The van der Waals surface area contributed by atoms with Crippen molar-refractivity contribution >= 4 is 27.0 Å². The van der Waals surface area contributed by atoms with Crippen molar-refractivity contribution in [1.82, 2.24) is 9.97 Å². The first-order valence-electron chi connectivity index (χ1n) is 3.66. The van der Waals surface area contributed by atoms with Crippen LogP contribution < -0.4 is 0 Å². The van der Waals surface area contributed by atoms with Crippen molar-refractivity contribution in [2.75, 3.05) is 0 Å². The SMILES string of the molecule is BrCc1ccnc2ncccc12. The number of nitrogens with zero attached hydrogens (tertiary/aromatic N) is 2. The van der Waals surface area contributed by atoms with Crippen LogP contribution in [0.15, 0.2) is 30.6 Å². The molecule has 0 saturated heterocycles. The van der Waals surface area contributed by atoms with Gasteiger partial charge in [-0.1, -0.05) is 15.9 Å². The fourth-order valence-electron chi connectivity index (χ4n) is 1.15. The van der Waals surface area contributed by atoms with Crippen LogP contribution in [0.2, 0.25) is 0 Å². The first-order valence-corrected chi connectivity index (χ1v) is 4.78. The molecule has 2 rings (SSSR count). The van der Waals surface area contributed by atoms with Gasteiger partial charge in [0.15, 0.2) is 5.65 Å². The zero-order valence-corrected chi connectivity index (χ0v) is 7.95. The Bertz CT molecular complexity index is 395. The van der Waals surface area contributed by atoms with Crippen LogP contribution in [-0.4, -0.2) is 9.97 Å². The van der Waals surface area contributed by atoms with Gasteiger partial charge in [-0.2, -0.15) is 0 Å². The highest BCUT2D eigenvalue weighted by atomic mass is 79.9. The second kappa shape index (κ2) is 3.19. The lowest BCUT2D eigenvalue weighted by molar-refractivity contribution is 1.26. The van der Waals surface area contributed by atoms with Gasteiger partial charge >= 0.3 is 0 Å². The van der Waals surface area contributed by atoms with Gasteiger partial charge in [-0.3, -0.25) is 0 Å². The van der Waals surface area contributed by atoms with Gasteiger partial charge in [-0.15, -0.1) is 0 Å². The molecule has 0 radical (unpaired) electrons. The molecule has 0 aliphatic rings. The quantitative estimate of drug-likeness (QED) is 0.694. The molecule has 2 aromatic heterocycles. The summed E-state index contributed by atoms with van der Waals surface area (Å²) in [5.74, 6) is 0. The smallest absolute Gasteiger partial charge is 0.159 e. The van der Waals surface area contributed by atoms with Gasteiger partial charge in [-0.25, -0.2) is 9.97 Å². The fourth-order valence-corrected chi connectivity index (χ4v) is 1.64. The monoisotopic (exact) mass is 222 g/mol. The Morgan fingerprint density at radius 2 is 2.00 bits per heavy atom. The summed E-state index contributed by atoms with van der Waals surface area (Å²) in [6.07, 6.45) is 3.54. The molecule has 0 atom stereocenters. The molecule has 0 bridgehead atoms. The van der Waals surface area contributed by atoms with Gasteiger partial charge < -0.3 is 0 Å². The van der Waals surface area contributed by atoms with Crippen molar-refractivity contribution in [2.24, 2.45) is 0 Å². The molecule has 60 valence electrons. The Balaban J connectivity index is 2.79. The number of alkyl halides is 1. The predicted octanol–water partition coefficient (Wildman–Crippen LogP) is 2.52. The summed E-state index contributed by atoms with van der Waals surface area (Å²) in [5.41, 5.74) is 2.04. The first kappa shape index (κ1) is 7.68. The molecule has 0 amide bonds. The maximum absolute atomic E-state index is 4.16. The van der Waals surface area contributed by atoms with E-state index in [-0.39, 0.29) is 0 Å². The average Bonchev–Trinajstić information content (AvgIpc) is 2.17. The number of aromatic nitrogens is 2. The van der Waals surface area contributed by atoms with Crippen molar-refractivity contribution in [3.63, 3.8) is 0 Å². The topological polar surface area (TPSA) is 25.8 Å². The molecule has 0 spiro atoms. The summed E-state index contributed by atoms with van der Waals surface area (Å²) in [6.45, 7) is 0. The Hall–Kier alpha value is -0.960. The number of halogens is 1. The van der Waals surface area contributed by atoms with Gasteiger partial charge in [0.05, 0.1) is 0 Å². The highest BCUT2D eigenvalue weighted by Gasteiger charge is 1.98. The van der Waals surface area contributed by atoms with Crippen molar-refractivity contribution < 1.29 is 0 Å². The van der Waals surface area contributed by atoms with E-state index in [4.69, 9.17) is 0 Å². The van der Waals surface area contributed by atoms with Crippen LogP contribution in [0.5, 0.6) is 0 Å². The lowest BCUT2D eigenvalue weighted by atomic mass is 10.2. The molecule has 2 aromatic rings. The summed E-state index contributed by atoms with van der Waals surface area (Å²) in [5, 5.41) is 1.97. The third kappa shape index (κ3) is 1.20. The summed E-state index contributed by atoms with van der Waals surface area (Å²) >= 11 is 3.42. The second-order valence-electron chi connectivity index (χ2n) is 2.48.